The Kier molecular flexibility index (Phi) is 4.63. The summed E-state index contributed by atoms with van der Waals surface area (Å²) in [6, 6.07) is 0.330. The Balaban J connectivity index is 1.57. The SMILES string of the molecule is CC1CCC(N2CC(C(=O)N(C)Cc3ncn[nH]3)CC2=O)CC1. The van der Waals surface area contributed by atoms with Gasteiger partial charge in [-0.1, -0.05) is 6.92 Å². The lowest BCUT2D eigenvalue weighted by Crippen LogP contribution is -2.40. The van der Waals surface area contributed by atoms with Crippen LogP contribution in [-0.2, 0) is 16.1 Å². The van der Waals surface area contributed by atoms with Gasteiger partial charge in [-0.25, -0.2) is 4.98 Å². The Hall–Kier alpha value is -1.92. The van der Waals surface area contributed by atoms with Crippen LogP contribution in [0.5, 0.6) is 0 Å². The van der Waals surface area contributed by atoms with E-state index in [4.69, 9.17) is 0 Å². The molecule has 0 radical (unpaired) electrons. The number of amides is 2. The summed E-state index contributed by atoms with van der Waals surface area (Å²) in [7, 11) is 1.75. The Labute approximate surface area is 136 Å². The number of rotatable bonds is 4. The minimum Gasteiger partial charge on any atom is -0.339 e. The van der Waals surface area contributed by atoms with E-state index in [1.165, 1.54) is 19.2 Å². The number of nitrogens with one attached hydrogen (secondary N) is 1. The van der Waals surface area contributed by atoms with E-state index in [1.807, 2.05) is 4.90 Å². The molecule has 1 atom stereocenters. The molecule has 23 heavy (non-hydrogen) atoms. The summed E-state index contributed by atoms with van der Waals surface area (Å²) in [4.78, 5) is 32.5. The Morgan fingerprint density at radius 2 is 2.13 bits per heavy atom. The molecule has 2 fully saturated rings. The van der Waals surface area contributed by atoms with Gasteiger partial charge < -0.3 is 9.80 Å². The standard InChI is InChI=1S/C16H25N5O2/c1-11-3-5-13(6-4-11)21-8-12(7-15(21)22)16(23)20(2)9-14-17-10-18-19-14/h10-13H,3-9H2,1-2H3,(H,17,18,19). The van der Waals surface area contributed by atoms with Crippen LogP contribution >= 0.6 is 0 Å². The van der Waals surface area contributed by atoms with Crippen LogP contribution in [0.15, 0.2) is 6.33 Å². The van der Waals surface area contributed by atoms with Crippen LogP contribution in [0.25, 0.3) is 0 Å². The second-order valence-electron chi connectivity index (χ2n) is 6.99. The average Bonchev–Trinajstić information content (AvgIpc) is 3.17. The number of nitrogens with zero attached hydrogens (tertiary/aromatic N) is 4. The van der Waals surface area contributed by atoms with E-state index in [2.05, 4.69) is 22.1 Å². The third-order valence-corrected chi connectivity index (χ3v) is 5.16. The molecule has 2 heterocycles. The lowest BCUT2D eigenvalue weighted by atomic mass is 9.86. The summed E-state index contributed by atoms with van der Waals surface area (Å²) >= 11 is 0. The van der Waals surface area contributed by atoms with Crippen LogP contribution in [-0.4, -0.2) is 56.4 Å². The molecule has 1 N–H and O–H groups in total. The van der Waals surface area contributed by atoms with Crippen molar-refractivity contribution in [1.82, 2.24) is 25.0 Å². The molecule has 7 heteroatoms. The maximum atomic E-state index is 12.6. The Bertz CT molecular complexity index is 551. The van der Waals surface area contributed by atoms with Crippen molar-refractivity contribution in [3.05, 3.63) is 12.2 Å². The van der Waals surface area contributed by atoms with Crippen molar-refractivity contribution in [2.75, 3.05) is 13.6 Å². The maximum Gasteiger partial charge on any atom is 0.228 e. The predicted molar refractivity (Wildman–Crippen MR) is 84.1 cm³/mol. The number of carbonyl (C=O) groups is 2. The summed E-state index contributed by atoms with van der Waals surface area (Å²) in [5.41, 5.74) is 0. The highest BCUT2D eigenvalue weighted by molar-refractivity contribution is 5.89. The minimum absolute atomic E-state index is 0.0152. The van der Waals surface area contributed by atoms with E-state index in [1.54, 1.807) is 11.9 Å². The van der Waals surface area contributed by atoms with Crippen LogP contribution in [0.4, 0.5) is 0 Å². The van der Waals surface area contributed by atoms with Crippen LogP contribution < -0.4 is 0 Å². The molecule has 0 aromatic carbocycles. The zero-order chi connectivity index (χ0) is 16.4. The van der Waals surface area contributed by atoms with Crippen molar-refractivity contribution in [2.45, 2.75) is 51.6 Å². The first-order valence-electron chi connectivity index (χ1n) is 8.43. The van der Waals surface area contributed by atoms with E-state index >= 15 is 0 Å². The first kappa shape index (κ1) is 16.0. The van der Waals surface area contributed by atoms with Gasteiger partial charge in [-0.3, -0.25) is 14.7 Å². The first-order chi connectivity index (χ1) is 11.0. The zero-order valence-corrected chi connectivity index (χ0v) is 13.9. The third kappa shape index (κ3) is 3.54. The van der Waals surface area contributed by atoms with Crippen LogP contribution in [0.1, 0.15) is 44.9 Å². The number of hydrogen-bond acceptors (Lipinski definition) is 4. The fraction of sp³-hybridized carbons (Fsp3) is 0.750. The topological polar surface area (TPSA) is 82.2 Å². The monoisotopic (exact) mass is 319 g/mol. The van der Waals surface area contributed by atoms with Gasteiger partial charge in [0.2, 0.25) is 11.8 Å². The molecule has 0 spiro atoms. The van der Waals surface area contributed by atoms with Crippen molar-refractivity contribution < 1.29 is 9.59 Å². The van der Waals surface area contributed by atoms with Gasteiger partial charge in [-0.2, -0.15) is 5.10 Å². The van der Waals surface area contributed by atoms with E-state index < -0.39 is 0 Å². The van der Waals surface area contributed by atoms with Gasteiger partial charge in [0, 0.05) is 26.1 Å². The summed E-state index contributed by atoms with van der Waals surface area (Å²) in [5.74, 6) is 1.34. The van der Waals surface area contributed by atoms with E-state index in [0.717, 1.165) is 18.8 Å². The molecular formula is C16H25N5O2. The first-order valence-corrected chi connectivity index (χ1v) is 8.43. The van der Waals surface area contributed by atoms with E-state index in [0.29, 0.717) is 31.4 Å². The summed E-state index contributed by atoms with van der Waals surface area (Å²) in [6.45, 7) is 3.23. The minimum atomic E-state index is -0.227. The second-order valence-corrected chi connectivity index (χ2v) is 6.99. The highest BCUT2D eigenvalue weighted by Crippen LogP contribution is 2.31. The molecule has 1 aliphatic heterocycles. The molecule has 0 bridgehead atoms. The molecule has 2 aliphatic rings. The lowest BCUT2D eigenvalue weighted by Gasteiger charge is -2.33. The Morgan fingerprint density at radius 3 is 2.78 bits per heavy atom. The fourth-order valence-corrected chi connectivity index (χ4v) is 3.73. The highest BCUT2D eigenvalue weighted by Gasteiger charge is 2.39. The number of aromatic nitrogens is 3. The van der Waals surface area contributed by atoms with E-state index in [9.17, 15) is 9.59 Å². The van der Waals surface area contributed by atoms with Crippen molar-refractivity contribution in [3.8, 4) is 0 Å². The van der Waals surface area contributed by atoms with Gasteiger partial charge in [0.25, 0.3) is 0 Å². The maximum absolute atomic E-state index is 12.6. The quantitative estimate of drug-likeness (QED) is 0.904. The van der Waals surface area contributed by atoms with Gasteiger partial charge in [0.15, 0.2) is 0 Å². The van der Waals surface area contributed by atoms with Crippen molar-refractivity contribution in [2.24, 2.45) is 11.8 Å². The third-order valence-electron chi connectivity index (χ3n) is 5.16. The molecule has 1 aromatic heterocycles. The molecule has 1 saturated heterocycles. The lowest BCUT2D eigenvalue weighted by molar-refractivity contribution is -0.135. The largest absolute Gasteiger partial charge is 0.339 e. The smallest absolute Gasteiger partial charge is 0.228 e. The molecule has 2 amide bonds. The molecule has 1 saturated carbocycles. The number of hydrogen-bond donors (Lipinski definition) is 1. The average molecular weight is 319 g/mol. The molecule has 1 aromatic rings. The summed E-state index contributed by atoms with van der Waals surface area (Å²) < 4.78 is 0. The van der Waals surface area contributed by atoms with Gasteiger partial charge in [0.1, 0.15) is 12.2 Å². The van der Waals surface area contributed by atoms with Crippen molar-refractivity contribution in [1.29, 1.82) is 0 Å². The normalized spacial score (nSPS) is 28.2. The van der Waals surface area contributed by atoms with Gasteiger partial charge in [-0.05, 0) is 31.6 Å². The van der Waals surface area contributed by atoms with Gasteiger partial charge in [-0.15, -0.1) is 0 Å². The van der Waals surface area contributed by atoms with Crippen LogP contribution in [0.3, 0.4) is 0 Å². The molecule has 126 valence electrons. The molecule has 1 unspecified atom stereocenters. The summed E-state index contributed by atoms with van der Waals surface area (Å²) in [5, 5.41) is 6.54. The molecular weight excluding hydrogens is 294 g/mol. The fourth-order valence-electron chi connectivity index (χ4n) is 3.73. The second kappa shape index (κ2) is 6.68. The number of H-pyrrole nitrogens is 1. The van der Waals surface area contributed by atoms with Crippen molar-refractivity contribution in [3.63, 3.8) is 0 Å². The Morgan fingerprint density at radius 1 is 1.39 bits per heavy atom. The number of likely N-dealkylation sites (tertiary alicyclic amines) is 1. The van der Waals surface area contributed by atoms with Crippen LogP contribution in [0, 0.1) is 11.8 Å². The van der Waals surface area contributed by atoms with E-state index in [-0.39, 0.29) is 17.7 Å². The summed E-state index contributed by atoms with van der Waals surface area (Å²) in [6.07, 6.45) is 6.27. The number of carbonyl (C=O) groups excluding carboxylic acids is 2. The van der Waals surface area contributed by atoms with Gasteiger partial charge >= 0.3 is 0 Å². The highest BCUT2D eigenvalue weighted by atomic mass is 16.2. The van der Waals surface area contributed by atoms with Crippen molar-refractivity contribution >= 4 is 11.8 Å². The molecule has 7 nitrogen and oxygen atoms in total. The zero-order valence-electron chi connectivity index (χ0n) is 13.9. The number of aromatic amines is 1. The molecule has 3 rings (SSSR count). The van der Waals surface area contributed by atoms with Gasteiger partial charge in [0.05, 0.1) is 12.5 Å². The van der Waals surface area contributed by atoms with Crippen LogP contribution in [0.2, 0.25) is 0 Å². The molecule has 1 aliphatic carbocycles. The predicted octanol–water partition coefficient (Wildman–Crippen LogP) is 1.19.